The van der Waals surface area contributed by atoms with E-state index in [0.717, 1.165) is 18.2 Å². The lowest BCUT2D eigenvalue weighted by Gasteiger charge is -2.19. The van der Waals surface area contributed by atoms with Gasteiger partial charge >= 0.3 is 0 Å². The van der Waals surface area contributed by atoms with Gasteiger partial charge in [0.05, 0.1) is 5.69 Å². The first-order valence-electron chi connectivity index (χ1n) is 15.1. The van der Waals surface area contributed by atoms with Gasteiger partial charge in [0.2, 0.25) is 11.9 Å². The average molecular weight is 669 g/mol. The van der Waals surface area contributed by atoms with E-state index in [-0.39, 0.29) is 24.5 Å². The number of carbonyl (C=O) groups excluding carboxylic acids is 2. The highest BCUT2D eigenvalue weighted by Gasteiger charge is 2.25. The fraction of sp³-hybridized carbons (Fsp3) is 0.567. The SMILES string of the molecule is CCCn1nccc1C(=O)N[C@@H](CCCC(Cl)Cl)C(=O)Nc1ccc(-c2c(C)nn(COCC[Si](C)(C)C)c2CC)c(F)n1. The number of carbonyl (C=O) groups is 2. The lowest BCUT2D eigenvalue weighted by atomic mass is 10.0. The molecule has 3 heterocycles. The highest BCUT2D eigenvalue weighted by molar-refractivity contribution is 6.76. The van der Waals surface area contributed by atoms with Gasteiger partial charge in [0.15, 0.2) is 0 Å². The Labute approximate surface area is 270 Å². The zero-order valence-electron chi connectivity index (χ0n) is 26.4. The van der Waals surface area contributed by atoms with Gasteiger partial charge in [0, 0.05) is 44.2 Å². The lowest BCUT2D eigenvalue weighted by Crippen LogP contribution is -2.44. The van der Waals surface area contributed by atoms with E-state index >= 15 is 4.39 Å². The molecular weight excluding hydrogens is 624 g/mol. The molecule has 0 saturated carbocycles. The molecule has 0 bridgehead atoms. The molecule has 1 atom stereocenters. The molecule has 3 aromatic heterocycles. The molecule has 0 unspecified atom stereocenters. The molecule has 44 heavy (non-hydrogen) atoms. The third-order valence-corrected chi connectivity index (χ3v) is 9.21. The predicted octanol–water partition coefficient (Wildman–Crippen LogP) is 6.58. The number of ether oxygens (including phenoxy) is 1. The van der Waals surface area contributed by atoms with Crippen LogP contribution in [0.15, 0.2) is 24.4 Å². The summed E-state index contributed by atoms with van der Waals surface area (Å²) < 4.78 is 24.8. The number of amides is 2. The summed E-state index contributed by atoms with van der Waals surface area (Å²) in [4.78, 5) is 29.8. The van der Waals surface area contributed by atoms with Crippen molar-refractivity contribution in [3.05, 3.63) is 47.4 Å². The molecular formula is C30H44Cl2FN7O3Si. The molecule has 2 N–H and O–H groups in total. The van der Waals surface area contributed by atoms with Crippen molar-refractivity contribution in [2.45, 2.75) is 103 Å². The zero-order chi connectivity index (χ0) is 32.4. The number of anilines is 1. The first-order chi connectivity index (χ1) is 20.8. The van der Waals surface area contributed by atoms with Gasteiger partial charge in [-0.3, -0.25) is 14.3 Å². The maximum absolute atomic E-state index is 15.5. The van der Waals surface area contributed by atoms with Crippen molar-refractivity contribution < 1.29 is 18.7 Å². The predicted molar refractivity (Wildman–Crippen MR) is 175 cm³/mol. The van der Waals surface area contributed by atoms with Crippen molar-refractivity contribution in [2.75, 3.05) is 11.9 Å². The minimum Gasteiger partial charge on any atom is -0.360 e. The molecule has 3 rings (SSSR count). The summed E-state index contributed by atoms with van der Waals surface area (Å²) in [5, 5.41) is 14.2. The monoisotopic (exact) mass is 667 g/mol. The van der Waals surface area contributed by atoms with Crippen molar-refractivity contribution in [1.29, 1.82) is 0 Å². The summed E-state index contributed by atoms with van der Waals surface area (Å²) in [6.07, 6.45) is 4.14. The summed E-state index contributed by atoms with van der Waals surface area (Å²) >= 11 is 11.8. The molecule has 0 radical (unpaired) electrons. The van der Waals surface area contributed by atoms with E-state index in [1.165, 1.54) is 6.20 Å². The van der Waals surface area contributed by atoms with Crippen LogP contribution in [0.1, 0.15) is 61.4 Å². The van der Waals surface area contributed by atoms with Crippen molar-refractivity contribution in [3.63, 3.8) is 0 Å². The van der Waals surface area contributed by atoms with Gasteiger partial charge in [-0.25, -0.2) is 9.67 Å². The van der Waals surface area contributed by atoms with Gasteiger partial charge < -0.3 is 15.4 Å². The molecule has 0 aromatic carbocycles. The number of aryl methyl sites for hydroxylation is 2. The molecule has 0 spiro atoms. The van der Waals surface area contributed by atoms with Crippen molar-refractivity contribution >= 4 is 48.9 Å². The van der Waals surface area contributed by atoms with E-state index in [0.29, 0.717) is 49.4 Å². The quantitative estimate of drug-likeness (QED) is 0.0727. The van der Waals surface area contributed by atoms with Crippen LogP contribution in [0.2, 0.25) is 25.7 Å². The number of nitrogens with zero attached hydrogens (tertiary/aromatic N) is 5. The minimum atomic E-state index is -1.22. The second kappa shape index (κ2) is 16.5. The third kappa shape index (κ3) is 10.1. The lowest BCUT2D eigenvalue weighted by molar-refractivity contribution is -0.118. The molecule has 0 aliphatic heterocycles. The number of halogens is 3. The molecule has 0 fully saturated rings. The van der Waals surface area contributed by atoms with E-state index < -0.39 is 36.7 Å². The molecule has 14 heteroatoms. The smallest absolute Gasteiger partial charge is 0.270 e. The number of hydrogen-bond donors (Lipinski definition) is 2. The van der Waals surface area contributed by atoms with Crippen LogP contribution >= 0.6 is 23.2 Å². The Morgan fingerprint density at radius 2 is 1.86 bits per heavy atom. The van der Waals surface area contributed by atoms with Crippen LogP contribution in [0.25, 0.3) is 11.1 Å². The molecule has 242 valence electrons. The molecule has 3 aromatic rings. The van der Waals surface area contributed by atoms with Gasteiger partial charge in [-0.2, -0.15) is 14.6 Å². The number of pyridine rings is 1. The Bertz CT molecular complexity index is 1410. The Kier molecular flexibility index (Phi) is 13.4. The van der Waals surface area contributed by atoms with Crippen LogP contribution in [0, 0.1) is 12.9 Å². The first-order valence-corrected chi connectivity index (χ1v) is 19.6. The number of rotatable bonds is 17. The summed E-state index contributed by atoms with van der Waals surface area (Å²) in [5.41, 5.74) is 2.80. The Balaban J connectivity index is 1.77. The Hall–Kier alpha value is -2.80. The second-order valence-corrected chi connectivity index (χ2v) is 18.8. The fourth-order valence-electron chi connectivity index (χ4n) is 4.77. The molecule has 10 nitrogen and oxygen atoms in total. The summed E-state index contributed by atoms with van der Waals surface area (Å²) in [7, 11) is -1.22. The van der Waals surface area contributed by atoms with E-state index in [1.54, 1.807) is 27.6 Å². The van der Waals surface area contributed by atoms with E-state index in [1.807, 2.05) is 20.8 Å². The fourth-order valence-corrected chi connectivity index (χ4v) is 5.84. The largest absolute Gasteiger partial charge is 0.360 e. The normalized spacial score (nSPS) is 12.5. The maximum atomic E-state index is 15.5. The second-order valence-electron chi connectivity index (χ2n) is 11.9. The highest BCUT2D eigenvalue weighted by atomic mass is 35.5. The van der Waals surface area contributed by atoms with Crippen LogP contribution < -0.4 is 10.6 Å². The minimum absolute atomic E-state index is 0.0249. The summed E-state index contributed by atoms with van der Waals surface area (Å²) in [6.45, 7) is 14.2. The summed E-state index contributed by atoms with van der Waals surface area (Å²) in [5.74, 6) is -1.69. The van der Waals surface area contributed by atoms with Gasteiger partial charge in [0.1, 0.15) is 29.1 Å². The van der Waals surface area contributed by atoms with E-state index in [9.17, 15) is 9.59 Å². The average Bonchev–Trinajstić information content (AvgIpc) is 3.53. The van der Waals surface area contributed by atoms with Gasteiger partial charge in [-0.1, -0.05) is 33.5 Å². The maximum Gasteiger partial charge on any atom is 0.270 e. The number of hydrogen-bond acceptors (Lipinski definition) is 6. The van der Waals surface area contributed by atoms with Gasteiger partial charge in [-0.15, -0.1) is 23.2 Å². The van der Waals surface area contributed by atoms with Crippen molar-refractivity contribution in [1.82, 2.24) is 29.9 Å². The van der Waals surface area contributed by atoms with E-state index in [4.69, 9.17) is 27.9 Å². The van der Waals surface area contributed by atoms with Crippen LogP contribution in [0.3, 0.4) is 0 Å². The van der Waals surface area contributed by atoms with Crippen LogP contribution in [-0.2, 0) is 29.2 Å². The molecule has 0 aliphatic carbocycles. The number of alkyl halides is 2. The molecule has 0 saturated heterocycles. The Morgan fingerprint density at radius 1 is 1.11 bits per heavy atom. The van der Waals surface area contributed by atoms with Gasteiger partial charge in [0.25, 0.3) is 5.91 Å². The number of aromatic nitrogens is 5. The molecule has 2 amide bonds. The zero-order valence-corrected chi connectivity index (χ0v) is 28.9. The van der Waals surface area contributed by atoms with Crippen molar-refractivity contribution in [3.8, 4) is 11.1 Å². The first kappa shape index (κ1) is 35.7. The topological polar surface area (TPSA) is 116 Å². The van der Waals surface area contributed by atoms with Gasteiger partial charge in [-0.05, 0) is 63.3 Å². The standard InChI is InChI=1S/C30H44Cl2FN7O3Si/c1-7-16-39-24(14-15-34-39)30(42)35-22(10-9-11-25(31)32)29(41)37-26-13-12-21(28(33)36-26)27-20(3)38-40(23(27)8-2)19-43-17-18-44(4,5)6/h12-15,22,25H,7-11,16-19H2,1-6H3,(H,35,42)(H,36,37,41)/t22-/m0/s1. The summed E-state index contributed by atoms with van der Waals surface area (Å²) in [6, 6.07) is 4.83. The van der Waals surface area contributed by atoms with Crippen LogP contribution in [-0.4, -0.2) is 61.9 Å². The van der Waals surface area contributed by atoms with Crippen LogP contribution in [0.4, 0.5) is 10.2 Å². The highest BCUT2D eigenvalue weighted by Crippen LogP contribution is 2.30. The van der Waals surface area contributed by atoms with E-state index in [2.05, 4.69) is 45.5 Å². The molecule has 0 aliphatic rings. The Morgan fingerprint density at radius 3 is 2.50 bits per heavy atom. The van der Waals surface area contributed by atoms with Crippen molar-refractivity contribution in [2.24, 2.45) is 0 Å². The third-order valence-electron chi connectivity index (χ3n) is 7.07. The van der Waals surface area contributed by atoms with Crippen LogP contribution in [0.5, 0.6) is 0 Å². The number of nitrogens with one attached hydrogen (secondary N) is 2.